The van der Waals surface area contributed by atoms with Crippen LogP contribution in [0.25, 0.3) is 0 Å². The number of anilines is 2. The quantitative estimate of drug-likeness (QED) is 0.794. The molecule has 1 aromatic rings. The number of nitrogens with one attached hydrogen (secondary N) is 2. The van der Waals surface area contributed by atoms with Crippen molar-refractivity contribution in [3.8, 4) is 0 Å². The third kappa shape index (κ3) is 3.06. The molecule has 3 N–H and O–H groups in total. The number of carbonyl (C=O) groups excluding carboxylic acids is 2. The number of carbonyl (C=O) groups is 3. The molecule has 4 atom stereocenters. The van der Waals surface area contributed by atoms with Crippen molar-refractivity contribution in [3.05, 3.63) is 24.3 Å². The summed E-state index contributed by atoms with van der Waals surface area (Å²) in [5, 5.41) is 14.9. The molecule has 23 heavy (non-hydrogen) atoms. The maximum atomic E-state index is 12.5. The molecule has 1 aromatic carbocycles. The van der Waals surface area contributed by atoms with Gasteiger partial charge in [-0.25, -0.2) is 0 Å². The fourth-order valence-electron chi connectivity index (χ4n) is 4.09. The van der Waals surface area contributed by atoms with Gasteiger partial charge in [-0.05, 0) is 55.4 Å². The molecule has 0 unspecified atom stereocenters. The van der Waals surface area contributed by atoms with Gasteiger partial charge < -0.3 is 15.7 Å². The van der Waals surface area contributed by atoms with Gasteiger partial charge in [-0.3, -0.25) is 14.4 Å². The minimum atomic E-state index is -0.863. The van der Waals surface area contributed by atoms with Gasteiger partial charge in [0.2, 0.25) is 11.8 Å². The molecule has 2 saturated carbocycles. The van der Waals surface area contributed by atoms with E-state index in [2.05, 4.69) is 10.6 Å². The van der Waals surface area contributed by atoms with Crippen molar-refractivity contribution in [2.45, 2.75) is 26.2 Å². The van der Waals surface area contributed by atoms with E-state index in [1.54, 1.807) is 24.3 Å². The minimum Gasteiger partial charge on any atom is -0.481 e. The number of amides is 2. The average Bonchev–Trinajstić information content (AvgIpc) is 3.09. The molecule has 0 radical (unpaired) electrons. The van der Waals surface area contributed by atoms with Crippen LogP contribution < -0.4 is 10.6 Å². The number of benzene rings is 1. The molecule has 122 valence electrons. The summed E-state index contributed by atoms with van der Waals surface area (Å²) in [6.07, 6.45) is 2.70. The van der Waals surface area contributed by atoms with Gasteiger partial charge in [0.25, 0.3) is 0 Å². The number of fused-ring (bicyclic) bond motifs is 2. The van der Waals surface area contributed by atoms with Crippen molar-refractivity contribution in [1.29, 1.82) is 0 Å². The molecule has 2 bridgehead atoms. The third-order valence-corrected chi connectivity index (χ3v) is 4.98. The van der Waals surface area contributed by atoms with Crippen molar-refractivity contribution in [2.75, 3.05) is 10.6 Å². The Balaban J connectivity index is 1.69. The van der Waals surface area contributed by atoms with Crippen molar-refractivity contribution >= 4 is 29.2 Å². The number of hydrogen-bond donors (Lipinski definition) is 3. The second-order valence-corrected chi connectivity index (χ2v) is 6.47. The van der Waals surface area contributed by atoms with Crippen LogP contribution >= 0.6 is 0 Å². The van der Waals surface area contributed by atoms with E-state index in [4.69, 9.17) is 0 Å². The van der Waals surface area contributed by atoms with E-state index in [0.29, 0.717) is 11.4 Å². The van der Waals surface area contributed by atoms with Crippen LogP contribution in [-0.2, 0) is 14.4 Å². The Labute approximate surface area is 134 Å². The van der Waals surface area contributed by atoms with Crippen LogP contribution in [0.5, 0.6) is 0 Å². The van der Waals surface area contributed by atoms with Gasteiger partial charge in [0.15, 0.2) is 0 Å². The van der Waals surface area contributed by atoms with Crippen molar-refractivity contribution in [2.24, 2.45) is 23.7 Å². The zero-order valence-corrected chi connectivity index (χ0v) is 12.9. The Morgan fingerprint density at radius 3 is 2.00 bits per heavy atom. The van der Waals surface area contributed by atoms with E-state index in [0.717, 1.165) is 19.3 Å². The zero-order chi connectivity index (χ0) is 16.6. The van der Waals surface area contributed by atoms with E-state index in [1.165, 1.54) is 6.92 Å². The van der Waals surface area contributed by atoms with Crippen LogP contribution in [0.3, 0.4) is 0 Å². The van der Waals surface area contributed by atoms with E-state index in [9.17, 15) is 19.5 Å². The molecule has 0 aromatic heterocycles. The summed E-state index contributed by atoms with van der Waals surface area (Å²) >= 11 is 0. The lowest BCUT2D eigenvalue weighted by molar-refractivity contribution is -0.148. The highest BCUT2D eigenvalue weighted by atomic mass is 16.4. The van der Waals surface area contributed by atoms with Crippen molar-refractivity contribution < 1.29 is 19.5 Å². The van der Waals surface area contributed by atoms with Crippen LogP contribution in [0.2, 0.25) is 0 Å². The van der Waals surface area contributed by atoms with E-state index < -0.39 is 17.8 Å². The number of hydrogen-bond acceptors (Lipinski definition) is 3. The Kier molecular flexibility index (Phi) is 4.07. The lowest BCUT2D eigenvalue weighted by Gasteiger charge is -2.27. The fraction of sp³-hybridized carbons (Fsp3) is 0.471. The molecule has 2 fully saturated rings. The Bertz CT molecular complexity index is 640. The average molecular weight is 316 g/mol. The van der Waals surface area contributed by atoms with E-state index in [-0.39, 0.29) is 23.7 Å². The predicted molar refractivity (Wildman–Crippen MR) is 84.8 cm³/mol. The fourth-order valence-corrected chi connectivity index (χ4v) is 4.09. The molecular weight excluding hydrogens is 296 g/mol. The van der Waals surface area contributed by atoms with Crippen LogP contribution in [0, 0.1) is 23.7 Å². The first-order valence-corrected chi connectivity index (χ1v) is 7.87. The van der Waals surface area contributed by atoms with Gasteiger partial charge in [-0.1, -0.05) is 0 Å². The molecule has 3 rings (SSSR count). The monoisotopic (exact) mass is 316 g/mol. The molecule has 0 spiro atoms. The second-order valence-electron chi connectivity index (χ2n) is 6.47. The topological polar surface area (TPSA) is 95.5 Å². The van der Waals surface area contributed by atoms with Gasteiger partial charge in [0.05, 0.1) is 11.8 Å². The molecular formula is C17H20N2O4. The molecule has 2 amide bonds. The summed E-state index contributed by atoms with van der Waals surface area (Å²) in [5.41, 5.74) is 1.26. The first-order chi connectivity index (χ1) is 11.0. The van der Waals surface area contributed by atoms with Gasteiger partial charge in [0.1, 0.15) is 0 Å². The maximum absolute atomic E-state index is 12.5. The van der Waals surface area contributed by atoms with Gasteiger partial charge >= 0.3 is 5.97 Å². The smallest absolute Gasteiger partial charge is 0.307 e. The Morgan fingerprint density at radius 2 is 1.48 bits per heavy atom. The first kappa shape index (κ1) is 15.5. The molecule has 0 saturated heterocycles. The Morgan fingerprint density at radius 1 is 0.957 bits per heavy atom. The molecule has 2 aliphatic carbocycles. The van der Waals surface area contributed by atoms with Crippen molar-refractivity contribution in [3.63, 3.8) is 0 Å². The molecule has 2 aliphatic rings. The number of carboxylic acid groups (broad SMARTS) is 1. The SMILES string of the molecule is CC(=O)Nc1ccc(NC(=O)[C@H]2[C@H]3CC[C@@H](C3)[C@@H]2C(=O)O)cc1. The van der Waals surface area contributed by atoms with Gasteiger partial charge in [0, 0.05) is 18.3 Å². The van der Waals surface area contributed by atoms with E-state index >= 15 is 0 Å². The molecule has 6 heteroatoms. The minimum absolute atomic E-state index is 0.135. The predicted octanol–water partition coefficient (Wildman–Crippen LogP) is 2.33. The van der Waals surface area contributed by atoms with Gasteiger partial charge in [-0.2, -0.15) is 0 Å². The summed E-state index contributed by atoms with van der Waals surface area (Å²) in [7, 11) is 0. The zero-order valence-electron chi connectivity index (χ0n) is 12.9. The van der Waals surface area contributed by atoms with Crippen molar-refractivity contribution in [1.82, 2.24) is 0 Å². The highest BCUT2D eigenvalue weighted by Crippen LogP contribution is 2.52. The standard InChI is InChI=1S/C17H20N2O4/c1-9(20)18-12-4-6-13(7-5-12)19-16(21)14-10-2-3-11(8-10)15(14)17(22)23/h4-7,10-11,14-15H,2-3,8H2,1H3,(H,18,20)(H,19,21)(H,22,23)/t10-,11-,14-,15-/m0/s1. The summed E-state index contributed by atoms with van der Waals surface area (Å²) < 4.78 is 0. The summed E-state index contributed by atoms with van der Waals surface area (Å²) in [6, 6.07) is 6.80. The third-order valence-electron chi connectivity index (χ3n) is 4.98. The Hall–Kier alpha value is -2.37. The summed E-state index contributed by atoms with van der Waals surface area (Å²) in [6.45, 7) is 1.43. The highest BCUT2D eigenvalue weighted by molar-refractivity contribution is 5.96. The normalized spacial score (nSPS) is 28.4. The van der Waals surface area contributed by atoms with Crippen LogP contribution in [0.4, 0.5) is 11.4 Å². The lowest BCUT2D eigenvalue weighted by atomic mass is 9.78. The number of carboxylic acids is 1. The van der Waals surface area contributed by atoms with Crippen LogP contribution in [0.1, 0.15) is 26.2 Å². The second kappa shape index (κ2) is 6.02. The van der Waals surface area contributed by atoms with Gasteiger partial charge in [-0.15, -0.1) is 0 Å². The highest BCUT2D eigenvalue weighted by Gasteiger charge is 2.53. The summed E-state index contributed by atoms with van der Waals surface area (Å²) in [4.78, 5) is 35.0. The first-order valence-electron chi connectivity index (χ1n) is 7.87. The number of rotatable bonds is 4. The van der Waals surface area contributed by atoms with Crippen LogP contribution in [0.15, 0.2) is 24.3 Å². The largest absolute Gasteiger partial charge is 0.481 e. The van der Waals surface area contributed by atoms with E-state index in [1.807, 2.05) is 0 Å². The lowest BCUT2D eigenvalue weighted by Crippen LogP contribution is -2.37. The number of aliphatic carboxylic acids is 1. The summed E-state index contributed by atoms with van der Waals surface area (Å²) in [5.74, 6) is -1.92. The molecule has 6 nitrogen and oxygen atoms in total. The molecule has 0 aliphatic heterocycles. The maximum Gasteiger partial charge on any atom is 0.307 e. The molecule has 0 heterocycles. The van der Waals surface area contributed by atoms with Crippen LogP contribution in [-0.4, -0.2) is 22.9 Å².